The molecule has 204 valence electrons. The van der Waals surface area contributed by atoms with E-state index in [1.54, 1.807) is 23.1 Å². The van der Waals surface area contributed by atoms with E-state index < -0.39 is 5.97 Å². The number of hydrogen-bond donors (Lipinski definition) is 3. The Bertz CT molecular complexity index is 1130. The molecule has 1 unspecified atom stereocenters. The Balaban J connectivity index is 1.18. The van der Waals surface area contributed by atoms with Crippen LogP contribution in [-0.2, 0) is 4.79 Å². The van der Waals surface area contributed by atoms with Crippen molar-refractivity contribution in [3.63, 3.8) is 0 Å². The highest BCUT2D eigenvalue weighted by atomic mass is 16.5. The van der Waals surface area contributed by atoms with E-state index in [0.29, 0.717) is 49.9 Å². The topological polar surface area (TPSA) is 111 Å². The van der Waals surface area contributed by atoms with Gasteiger partial charge in [-0.05, 0) is 86.1 Å². The number of aromatic hydroxyl groups is 1. The van der Waals surface area contributed by atoms with Crippen molar-refractivity contribution < 1.29 is 29.6 Å². The lowest BCUT2D eigenvalue weighted by molar-refractivity contribution is -0.137. The van der Waals surface area contributed by atoms with Crippen LogP contribution in [0.4, 0.5) is 5.69 Å². The summed E-state index contributed by atoms with van der Waals surface area (Å²) in [6, 6.07) is 12.9. The second-order valence-corrected chi connectivity index (χ2v) is 11.1. The Morgan fingerprint density at radius 3 is 2.37 bits per heavy atom. The Hall–Kier alpha value is -3.26. The fourth-order valence-electron chi connectivity index (χ4n) is 5.83. The van der Waals surface area contributed by atoms with Gasteiger partial charge in [-0.2, -0.15) is 0 Å². The fraction of sp³-hybridized carbons (Fsp3) is 0.533. The zero-order valence-electron chi connectivity index (χ0n) is 21.8. The molecule has 2 aliphatic heterocycles. The highest BCUT2D eigenvalue weighted by molar-refractivity contribution is 6.00. The number of aliphatic hydroxyl groups excluding tert-OH is 1. The van der Waals surface area contributed by atoms with E-state index in [1.807, 2.05) is 24.3 Å². The molecule has 3 N–H and O–H groups in total. The Morgan fingerprint density at radius 2 is 1.68 bits per heavy atom. The number of piperidine rings is 2. The third-order valence-electron chi connectivity index (χ3n) is 8.28. The zero-order chi connectivity index (χ0) is 26.6. The molecule has 3 fully saturated rings. The summed E-state index contributed by atoms with van der Waals surface area (Å²) in [6.07, 6.45) is 5.00. The molecule has 1 atom stereocenters. The number of anilines is 1. The van der Waals surface area contributed by atoms with Gasteiger partial charge in [0.25, 0.3) is 5.91 Å². The standard InChI is InChI=1S/C30H38N2O6/c33-23-10-14-32(15-11-23)30(37)26-7-6-24(34)17-28(26)31-12-8-20(9-13-31)19-38-25-3-1-2-22(16-25)27(18-29(35)36)21-4-5-21/h1-3,6-7,16-17,20-21,23,27,33-34H,4-5,8-15,18-19H2,(H,35,36). The molecule has 0 bridgehead atoms. The molecule has 8 heteroatoms. The number of amides is 1. The van der Waals surface area contributed by atoms with Crippen molar-refractivity contribution >= 4 is 17.6 Å². The molecule has 0 spiro atoms. The van der Waals surface area contributed by atoms with Crippen LogP contribution < -0.4 is 9.64 Å². The molecule has 1 saturated carbocycles. The van der Waals surface area contributed by atoms with Crippen LogP contribution in [0.2, 0.25) is 0 Å². The number of carboxylic acids is 1. The number of carboxylic acid groups (broad SMARTS) is 1. The predicted octanol–water partition coefficient (Wildman–Crippen LogP) is 4.25. The van der Waals surface area contributed by atoms with Gasteiger partial charge in [0.05, 0.1) is 30.4 Å². The lowest BCUT2D eigenvalue weighted by Crippen LogP contribution is -2.41. The molecule has 38 heavy (non-hydrogen) atoms. The van der Waals surface area contributed by atoms with Crippen molar-refractivity contribution in [3.8, 4) is 11.5 Å². The summed E-state index contributed by atoms with van der Waals surface area (Å²) in [7, 11) is 0. The maximum atomic E-state index is 13.3. The van der Waals surface area contributed by atoms with E-state index in [4.69, 9.17) is 4.74 Å². The number of nitrogens with zero attached hydrogens (tertiary/aromatic N) is 2. The summed E-state index contributed by atoms with van der Waals surface area (Å²) in [4.78, 5) is 28.6. The van der Waals surface area contributed by atoms with Crippen LogP contribution >= 0.6 is 0 Å². The minimum Gasteiger partial charge on any atom is -0.508 e. The number of carbonyl (C=O) groups excluding carboxylic acids is 1. The molecule has 0 aromatic heterocycles. The number of aliphatic carboxylic acids is 1. The first-order valence-electron chi connectivity index (χ1n) is 13.9. The molecule has 1 amide bonds. The van der Waals surface area contributed by atoms with Gasteiger partial charge < -0.3 is 29.9 Å². The van der Waals surface area contributed by atoms with Gasteiger partial charge in [0.2, 0.25) is 0 Å². The smallest absolute Gasteiger partial charge is 0.303 e. The van der Waals surface area contributed by atoms with Crippen LogP contribution in [0.3, 0.4) is 0 Å². The van der Waals surface area contributed by atoms with Crippen LogP contribution in [0.1, 0.15) is 66.8 Å². The molecule has 5 rings (SSSR count). The van der Waals surface area contributed by atoms with Crippen LogP contribution in [0, 0.1) is 11.8 Å². The Labute approximate surface area is 223 Å². The minimum absolute atomic E-state index is 0.0495. The van der Waals surface area contributed by atoms with Gasteiger partial charge in [-0.15, -0.1) is 0 Å². The SMILES string of the molecule is O=C(O)CC(c1cccc(OCC2CCN(c3cc(O)ccc3C(=O)N3CCC(O)CC3)CC2)c1)C1CC1. The monoisotopic (exact) mass is 522 g/mol. The predicted molar refractivity (Wildman–Crippen MR) is 144 cm³/mol. The van der Waals surface area contributed by atoms with Crippen molar-refractivity contribution in [2.45, 2.75) is 57.0 Å². The molecule has 2 aromatic rings. The minimum atomic E-state index is -0.758. The normalized spacial score (nSPS) is 19.8. The number of hydrogen-bond acceptors (Lipinski definition) is 6. The first-order valence-corrected chi connectivity index (χ1v) is 13.9. The van der Waals surface area contributed by atoms with E-state index in [-0.39, 0.29) is 30.1 Å². The first-order chi connectivity index (χ1) is 18.4. The number of ether oxygens (including phenoxy) is 1. The van der Waals surface area contributed by atoms with Gasteiger partial charge in [0, 0.05) is 32.2 Å². The molecule has 2 saturated heterocycles. The van der Waals surface area contributed by atoms with Crippen molar-refractivity contribution in [1.29, 1.82) is 0 Å². The van der Waals surface area contributed by atoms with Gasteiger partial charge in [-0.1, -0.05) is 12.1 Å². The highest BCUT2D eigenvalue weighted by Crippen LogP contribution is 2.45. The van der Waals surface area contributed by atoms with E-state index in [9.17, 15) is 24.9 Å². The van der Waals surface area contributed by atoms with Crippen molar-refractivity contribution in [1.82, 2.24) is 4.90 Å². The molecule has 1 aliphatic carbocycles. The van der Waals surface area contributed by atoms with Crippen molar-refractivity contribution in [2.75, 3.05) is 37.7 Å². The summed E-state index contributed by atoms with van der Waals surface area (Å²) in [5.74, 6) is 0.996. The molecular weight excluding hydrogens is 484 g/mol. The lowest BCUT2D eigenvalue weighted by Gasteiger charge is -2.36. The second-order valence-electron chi connectivity index (χ2n) is 11.1. The number of carbonyl (C=O) groups is 2. The average molecular weight is 523 g/mol. The van der Waals surface area contributed by atoms with E-state index in [2.05, 4.69) is 4.90 Å². The molecule has 2 aromatic carbocycles. The number of phenolic OH excluding ortho intramolecular Hbond substituents is 1. The highest BCUT2D eigenvalue weighted by Gasteiger charge is 2.34. The van der Waals surface area contributed by atoms with Gasteiger partial charge in [0.1, 0.15) is 11.5 Å². The molecule has 0 radical (unpaired) electrons. The summed E-state index contributed by atoms with van der Waals surface area (Å²) < 4.78 is 6.16. The van der Waals surface area contributed by atoms with Crippen LogP contribution in [0.5, 0.6) is 11.5 Å². The zero-order valence-corrected chi connectivity index (χ0v) is 21.8. The van der Waals surface area contributed by atoms with E-state index in [0.717, 1.165) is 55.8 Å². The number of likely N-dealkylation sites (tertiary alicyclic amines) is 1. The Morgan fingerprint density at radius 1 is 0.947 bits per heavy atom. The van der Waals surface area contributed by atoms with E-state index >= 15 is 0 Å². The molecular formula is C30H38N2O6. The van der Waals surface area contributed by atoms with Gasteiger partial charge >= 0.3 is 5.97 Å². The number of aliphatic hydroxyl groups is 1. The van der Waals surface area contributed by atoms with Gasteiger partial charge in [0.15, 0.2) is 0 Å². The number of phenols is 1. The third-order valence-corrected chi connectivity index (χ3v) is 8.28. The molecule has 8 nitrogen and oxygen atoms in total. The quantitative estimate of drug-likeness (QED) is 0.452. The maximum Gasteiger partial charge on any atom is 0.303 e. The first kappa shape index (κ1) is 26.4. The van der Waals surface area contributed by atoms with Crippen LogP contribution in [-0.4, -0.2) is 71.0 Å². The van der Waals surface area contributed by atoms with E-state index in [1.165, 1.54) is 0 Å². The fourth-order valence-corrected chi connectivity index (χ4v) is 5.83. The summed E-state index contributed by atoms with van der Waals surface area (Å²) in [5.41, 5.74) is 2.40. The van der Waals surface area contributed by atoms with Crippen molar-refractivity contribution in [2.24, 2.45) is 11.8 Å². The van der Waals surface area contributed by atoms with Crippen LogP contribution in [0.25, 0.3) is 0 Å². The molecule has 2 heterocycles. The summed E-state index contributed by atoms with van der Waals surface area (Å²) >= 11 is 0. The largest absolute Gasteiger partial charge is 0.508 e. The lowest BCUT2D eigenvalue weighted by atomic mass is 9.91. The van der Waals surface area contributed by atoms with Gasteiger partial charge in [-0.25, -0.2) is 0 Å². The summed E-state index contributed by atoms with van der Waals surface area (Å²) in [6.45, 7) is 3.20. The average Bonchev–Trinajstić information content (AvgIpc) is 3.76. The van der Waals surface area contributed by atoms with Gasteiger partial charge in [-0.3, -0.25) is 9.59 Å². The van der Waals surface area contributed by atoms with Crippen molar-refractivity contribution in [3.05, 3.63) is 53.6 Å². The maximum absolute atomic E-state index is 13.3. The Kier molecular flexibility index (Phi) is 8.07. The number of rotatable bonds is 9. The molecule has 3 aliphatic rings. The second kappa shape index (κ2) is 11.6. The summed E-state index contributed by atoms with van der Waals surface area (Å²) in [5, 5.41) is 29.3. The number of benzene rings is 2. The van der Waals surface area contributed by atoms with Crippen LogP contribution in [0.15, 0.2) is 42.5 Å². The third kappa shape index (κ3) is 6.41.